The van der Waals surface area contributed by atoms with E-state index in [0.717, 1.165) is 6.07 Å². The largest absolute Gasteiger partial charge is 0.206 e. The molecule has 0 aliphatic heterocycles. The Morgan fingerprint density at radius 2 is 1.38 bits per heavy atom. The Morgan fingerprint density at radius 1 is 0.667 bits per heavy atom. The van der Waals surface area contributed by atoms with Crippen LogP contribution in [0.15, 0.2) is 54.6 Å². The Bertz CT molecular complexity index is 814. The topological polar surface area (TPSA) is 0 Å². The van der Waals surface area contributed by atoms with Crippen LogP contribution < -0.4 is 0 Å². The van der Waals surface area contributed by atoms with Crippen molar-refractivity contribution >= 4 is 22.4 Å². The van der Waals surface area contributed by atoms with E-state index in [0.29, 0.717) is 16.3 Å². The van der Waals surface area contributed by atoms with E-state index in [4.69, 9.17) is 11.6 Å². The maximum absolute atomic E-state index is 13.9. The van der Waals surface area contributed by atoms with Gasteiger partial charge in [0.15, 0.2) is 11.6 Å². The number of benzene rings is 3. The summed E-state index contributed by atoms with van der Waals surface area (Å²) < 4.78 is 41.0. The normalized spacial score (nSPS) is 12.6. The molecule has 0 bridgehead atoms. The minimum absolute atomic E-state index is 0.0356. The second kappa shape index (κ2) is 5.41. The molecule has 21 heavy (non-hydrogen) atoms. The van der Waals surface area contributed by atoms with Crippen molar-refractivity contribution in [2.24, 2.45) is 0 Å². The molecular formula is C17H10ClF3. The molecule has 0 aromatic heterocycles. The fraction of sp³-hybridized carbons (Fsp3) is 0.0588. The molecule has 0 saturated heterocycles. The van der Waals surface area contributed by atoms with Gasteiger partial charge in [0.2, 0.25) is 0 Å². The van der Waals surface area contributed by atoms with Crippen molar-refractivity contribution in [3.05, 3.63) is 83.2 Å². The molecule has 4 heteroatoms. The Balaban J connectivity index is 2.21. The van der Waals surface area contributed by atoms with Crippen molar-refractivity contribution in [3.8, 4) is 0 Å². The smallest absolute Gasteiger partial charge is 0.163 e. The second-order valence-corrected chi connectivity index (χ2v) is 5.12. The van der Waals surface area contributed by atoms with Gasteiger partial charge in [0.05, 0.1) is 5.38 Å². The molecule has 0 aliphatic rings. The SMILES string of the molecule is Fc1cccc(C(Cl)c2ccc(F)c3ccccc23)c1F. The first-order chi connectivity index (χ1) is 10.1. The van der Waals surface area contributed by atoms with E-state index >= 15 is 0 Å². The third kappa shape index (κ3) is 2.38. The van der Waals surface area contributed by atoms with E-state index in [2.05, 4.69) is 0 Å². The molecule has 0 aliphatic carbocycles. The molecule has 3 rings (SSSR count). The van der Waals surface area contributed by atoms with E-state index in [-0.39, 0.29) is 11.4 Å². The highest BCUT2D eigenvalue weighted by Gasteiger charge is 2.20. The zero-order valence-electron chi connectivity index (χ0n) is 10.8. The summed E-state index contributed by atoms with van der Waals surface area (Å²) >= 11 is 6.31. The average molecular weight is 307 g/mol. The van der Waals surface area contributed by atoms with Crippen molar-refractivity contribution in [2.45, 2.75) is 5.38 Å². The van der Waals surface area contributed by atoms with E-state index in [1.54, 1.807) is 24.3 Å². The molecule has 0 saturated carbocycles. The molecule has 3 aromatic carbocycles. The summed E-state index contributed by atoms with van der Waals surface area (Å²) in [5.41, 5.74) is 0.576. The van der Waals surface area contributed by atoms with Gasteiger partial charge in [-0.2, -0.15) is 0 Å². The average Bonchev–Trinajstić information content (AvgIpc) is 2.50. The first kappa shape index (κ1) is 14.0. The minimum atomic E-state index is -0.981. The van der Waals surface area contributed by atoms with Crippen LogP contribution in [0, 0.1) is 17.5 Å². The number of halogens is 4. The van der Waals surface area contributed by atoms with Crippen molar-refractivity contribution in [1.82, 2.24) is 0 Å². The molecule has 0 amide bonds. The number of alkyl halides is 1. The van der Waals surface area contributed by atoms with Crippen LogP contribution in [0.5, 0.6) is 0 Å². The van der Waals surface area contributed by atoms with Crippen LogP contribution >= 0.6 is 11.6 Å². The molecular weight excluding hydrogens is 297 g/mol. The van der Waals surface area contributed by atoms with Gasteiger partial charge in [0.25, 0.3) is 0 Å². The Morgan fingerprint density at radius 3 is 2.14 bits per heavy atom. The first-order valence-corrected chi connectivity index (χ1v) is 6.78. The maximum atomic E-state index is 13.9. The Kier molecular flexibility index (Phi) is 3.60. The summed E-state index contributed by atoms with van der Waals surface area (Å²) in [7, 11) is 0. The summed E-state index contributed by atoms with van der Waals surface area (Å²) in [4.78, 5) is 0. The van der Waals surface area contributed by atoms with Crippen LogP contribution in [-0.2, 0) is 0 Å². The van der Waals surface area contributed by atoms with Crippen molar-refractivity contribution in [3.63, 3.8) is 0 Å². The van der Waals surface area contributed by atoms with Crippen molar-refractivity contribution in [1.29, 1.82) is 0 Å². The molecule has 0 radical (unpaired) electrons. The fourth-order valence-electron chi connectivity index (χ4n) is 2.39. The van der Waals surface area contributed by atoms with Crippen LogP contribution in [0.3, 0.4) is 0 Å². The van der Waals surface area contributed by atoms with Gasteiger partial charge in [0.1, 0.15) is 5.82 Å². The molecule has 106 valence electrons. The van der Waals surface area contributed by atoms with Gasteiger partial charge >= 0.3 is 0 Å². The molecule has 0 nitrogen and oxygen atoms in total. The Hall–Kier alpha value is -2.00. The highest BCUT2D eigenvalue weighted by molar-refractivity contribution is 6.23. The summed E-state index contributed by atoms with van der Waals surface area (Å²) in [6, 6.07) is 13.4. The quantitative estimate of drug-likeness (QED) is 0.542. The highest BCUT2D eigenvalue weighted by atomic mass is 35.5. The minimum Gasteiger partial charge on any atom is -0.206 e. The maximum Gasteiger partial charge on any atom is 0.163 e. The standard InChI is InChI=1S/C17H10ClF3/c18-16(13-6-3-7-15(20)17(13)21)12-8-9-14(19)11-5-2-1-4-10(11)12/h1-9,16H. The summed E-state index contributed by atoms with van der Waals surface area (Å²) in [6.45, 7) is 0. The van der Waals surface area contributed by atoms with E-state index in [1.807, 2.05) is 0 Å². The predicted molar refractivity (Wildman–Crippen MR) is 78.0 cm³/mol. The molecule has 0 spiro atoms. The molecule has 1 atom stereocenters. The molecule has 0 fully saturated rings. The summed E-state index contributed by atoms with van der Waals surface area (Å²) in [5.74, 6) is -2.31. The number of hydrogen-bond donors (Lipinski definition) is 0. The van der Waals surface area contributed by atoms with Gasteiger partial charge in [-0.3, -0.25) is 0 Å². The van der Waals surface area contributed by atoms with Crippen LogP contribution in [-0.4, -0.2) is 0 Å². The monoisotopic (exact) mass is 306 g/mol. The van der Waals surface area contributed by atoms with Gasteiger partial charge in [-0.1, -0.05) is 42.5 Å². The lowest BCUT2D eigenvalue weighted by atomic mass is 9.97. The van der Waals surface area contributed by atoms with Gasteiger partial charge in [-0.25, -0.2) is 13.2 Å². The third-order valence-electron chi connectivity index (χ3n) is 3.43. The van der Waals surface area contributed by atoms with Crippen LogP contribution in [0.4, 0.5) is 13.2 Å². The number of rotatable bonds is 2. The first-order valence-electron chi connectivity index (χ1n) is 6.34. The third-order valence-corrected chi connectivity index (χ3v) is 3.90. The zero-order chi connectivity index (χ0) is 15.0. The zero-order valence-corrected chi connectivity index (χ0v) is 11.5. The lowest BCUT2D eigenvalue weighted by molar-refractivity contribution is 0.500. The van der Waals surface area contributed by atoms with Crippen molar-refractivity contribution < 1.29 is 13.2 Å². The lowest BCUT2D eigenvalue weighted by Gasteiger charge is -2.14. The second-order valence-electron chi connectivity index (χ2n) is 4.69. The van der Waals surface area contributed by atoms with Crippen molar-refractivity contribution in [2.75, 3.05) is 0 Å². The van der Waals surface area contributed by atoms with Gasteiger partial charge < -0.3 is 0 Å². The van der Waals surface area contributed by atoms with E-state index < -0.39 is 17.0 Å². The van der Waals surface area contributed by atoms with Gasteiger partial charge in [-0.05, 0) is 23.1 Å². The number of fused-ring (bicyclic) bond motifs is 1. The Labute approximate surface area is 124 Å². The predicted octanol–water partition coefficient (Wildman–Crippen LogP) is 5.59. The lowest BCUT2D eigenvalue weighted by Crippen LogP contribution is -2.00. The summed E-state index contributed by atoms with van der Waals surface area (Å²) in [5, 5.41) is 0.0878. The van der Waals surface area contributed by atoms with Crippen LogP contribution in [0.2, 0.25) is 0 Å². The van der Waals surface area contributed by atoms with E-state index in [1.165, 1.54) is 24.3 Å². The number of hydrogen-bond acceptors (Lipinski definition) is 0. The fourth-order valence-corrected chi connectivity index (χ4v) is 2.75. The highest BCUT2D eigenvalue weighted by Crippen LogP contribution is 2.36. The van der Waals surface area contributed by atoms with Crippen LogP contribution in [0.1, 0.15) is 16.5 Å². The molecule has 0 N–H and O–H groups in total. The summed E-state index contributed by atoms with van der Waals surface area (Å²) in [6.07, 6.45) is 0. The molecule has 3 aromatic rings. The van der Waals surface area contributed by atoms with Crippen LogP contribution in [0.25, 0.3) is 10.8 Å². The molecule has 1 unspecified atom stereocenters. The molecule has 0 heterocycles. The van der Waals surface area contributed by atoms with Gasteiger partial charge in [0, 0.05) is 10.9 Å². The van der Waals surface area contributed by atoms with Gasteiger partial charge in [-0.15, -0.1) is 11.6 Å². The van der Waals surface area contributed by atoms with E-state index in [9.17, 15) is 13.2 Å².